The number of nitrogens with zero attached hydrogens (tertiary/aromatic N) is 3. The Hall–Kier alpha value is -1.42. The summed E-state index contributed by atoms with van der Waals surface area (Å²) in [4.78, 5) is 3.78. The largest absolute Gasteiger partial charge is 0.241 e. The van der Waals surface area contributed by atoms with Crippen molar-refractivity contribution >= 4 is 17.1 Å². The van der Waals surface area contributed by atoms with E-state index in [-0.39, 0.29) is 16.5 Å². The van der Waals surface area contributed by atoms with Gasteiger partial charge in [0.2, 0.25) is 5.28 Å². The van der Waals surface area contributed by atoms with Crippen LogP contribution in [0.3, 0.4) is 0 Å². The molecule has 16 heavy (non-hydrogen) atoms. The van der Waals surface area contributed by atoms with E-state index in [1.807, 2.05) is 6.08 Å². The number of hydrogen-bond donors (Lipinski definition) is 0. The third kappa shape index (κ3) is 1.19. The number of fused-ring (bicyclic) bond motifs is 1. The second-order valence-electron chi connectivity index (χ2n) is 4.06. The monoisotopic (exact) mass is 237 g/mol. The van der Waals surface area contributed by atoms with Gasteiger partial charge in [0.25, 0.3) is 0 Å². The normalized spacial score (nSPS) is 17.6. The molecule has 1 aliphatic rings. The predicted octanol–water partition coefficient (Wildman–Crippen LogP) is 2.74. The summed E-state index contributed by atoms with van der Waals surface area (Å²) in [6.45, 7) is 3.80. The Morgan fingerprint density at radius 3 is 2.94 bits per heavy atom. The Kier molecular flexibility index (Phi) is 1.86. The van der Waals surface area contributed by atoms with Crippen LogP contribution < -0.4 is 0 Å². The molecule has 0 spiro atoms. The van der Waals surface area contributed by atoms with Crippen molar-refractivity contribution in [2.24, 2.45) is 0 Å². The van der Waals surface area contributed by atoms with Crippen LogP contribution in [0.1, 0.15) is 18.5 Å². The summed E-state index contributed by atoms with van der Waals surface area (Å²) in [5, 5.41) is 4.15. The van der Waals surface area contributed by atoms with Crippen molar-refractivity contribution in [3.63, 3.8) is 0 Å². The number of aromatic nitrogens is 3. The van der Waals surface area contributed by atoms with E-state index in [0.717, 1.165) is 18.5 Å². The SMILES string of the molecule is C=CC1(c2cc(F)c3cnc(Cl)nn23)CC1. The summed E-state index contributed by atoms with van der Waals surface area (Å²) in [5.74, 6) is -0.320. The van der Waals surface area contributed by atoms with Gasteiger partial charge < -0.3 is 0 Å². The van der Waals surface area contributed by atoms with E-state index in [0.29, 0.717) is 5.52 Å². The van der Waals surface area contributed by atoms with Gasteiger partial charge in [-0.25, -0.2) is 13.9 Å². The number of hydrogen-bond acceptors (Lipinski definition) is 2. The maximum atomic E-state index is 13.7. The Morgan fingerprint density at radius 1 is 1.56 bits per heavy atom. The summed E-state index contributed by atoms with van der Waals surface area (Å²) >= 11 is 5.72. The number of rotatable bonds is 2. The highest BCUT2D eigenvalue weighted by atomic mass is 35.5. The van der Waals surface area contributed by atoms with Crippen LogP contribution in [0.4, 0.5) is 4.39 Å². The summed E-state index contributed by atoms with van der Waals surface area (Å²) in [5.41, 5.74) is 1.03. The Balaban J connectivity index is 2.33. The van der Waals surface area contributed by atoms with E-state index in [4.69, 9.17) is 11.6 Å². The molecule has 0 atom stereocenters. The first-order chi connectivity index (χ1) is 7.66. The van der Waals surface area contributed by atoms with E-state index >= 15 is 0 Å². The molecule has 1 fully saturated rings. The zero-order valence-electron chi connectivity index (χ0n) is 8.45. The van der Waals surface area contributed by atoms with Crippen molar-refractivity contribution < 1.29 is 4.39 Å². The van der Waals surface area contributed by atoms with Gasteiger partial charge in [0.15, 0.2) is 5.82 Å². The van der Waals surface area contributed by atoms with E-state index < -0.39 is 0 Å². The Morgan fingerprint density at radius 2 is 2.31 bits per heavy atom. The molecule has 0 aliphatic heterocycles. The highest BCUT2D eigenvalue weighted by molar-refractivity contribution is 6.28. The molecule has 0 radical (unpaired) electrons. The van der Waals surface area contributed by atoms with Gasteiger partial charge in [-0.05, 0) is 30.5 Å². The quantitative estimate of drug-likeness (QED) is 0.752. The topological polar surface area (TPSA) is 30.2 Å². The second-order valence-corrected chi connectivity index (χ2v) is 4.40. The molecule has 1 saturated carbocycles. The molecule has 0 amide bonds. The van der Waals surface area contributed by atoms with Crippen molar-refractivity contribution in [1.82, 2.24) is 14.6 Å². The summed E-state index contributed by atoms with van der Waals surface area (Å²) < 4.78 is 15.2. The first-order valence-electron chi connectivity index (χ1n) is 5.00. The maximum absolute atomic E-state index is 13.7. The fourth-order valence-corrected chi connectivity index (χ4v) is 2.11. The van der Waals surface area contributed by atoms with Gasteiger partial charge in [0, 0.05) is 5.41 Å². The van der Waals surface area contributed by atoms with Crippen LogP contribution in [0.2, 0.25) is 5.28 Å². The minimum absolute atomic E-state index is 0.115. The minimum atomic E-state index is -0.320. The van der Waals surface area contributed by atoms with Gasteiger partial charge in [0.05, 0.1) is 11.9 Å². The van der Waals surface area contributed by atoms with E-state index in [9.17, 15) is 4.39 Å². The molecule has 3 nitrogen and oxygen atoms in total. The van der Waals surface area contributed by atoms with Crippen molar-refractivity contribution in [3.05, 3.63) is 41.7 Å². The third-order valence-electron chi connectivity index (χ3n) is 3.13. The highest BCUT2D eigenvalue weighted by Gasteiger charge is 2.44. The molecule has 0 saturated heterocycles. The van der Waals surface area contributed by atoms with Gasteiger partial charge in [-0.1, -0.05) is 6.08 Å². The van der Waals surface area contributed by atoms with Gasteiger partial charge in [0.1, 0.15) is 5.52 Å². The van der Waals surface area contributed by atoms with Crippen LogP contribution >= 0.6 is 11.6 Å². The molecule has 0 bridgehead atoms. The number of halogens is 2. The number of allylic oxidation sites excluding steroid dienone is 1. The lowest BCUT2D eigenvalue weighted by molar-refractivity contribution is 0.638. The van der Waals surface area contributed by atoms with E-state index in [1.54, 1.807) is 0 Å². The zero-order valence-corrected chi connectivity index (χ0v) is 9.21. The lowest BCUT2D eigenvalue weighted by atomic mass is 10.0. The molecule has 0 aromatic carbocycles. The first-order valence-corrected chi connectivity index (χ1v) is 5.38. The summed E-state index contributed by atoms with van der Waals surface area (Å²) in [6.07, 6.45) is 5.20. The van der Waals surface area contributed by atoms with Crippen molar-refractivity contribution in [3.8, 4) is 0 Å². The Bertz CT molecular complexity index is 586. The zero-order chi connectivity index (χ0) is 11.3. The van der Waals surface area contributed by atoms with Gasteiger partial charge in [-0.2, -0.15) is 0 Å². The van der Waals surface area contributed by atoms with Gasteiger partial charge in [-0.15, -0.1) is 11.7 Å². The van der Waals surface area contributed by atoms with E-state index in [2.05, 4.69) is 16.7 Å². The molecule has 0 unspecified atom stereocenters. The van der Waals surface area contributed by atoms with Crippen LogP contribution in [0.15, 0.2) is 24.9 Å². The molecule has 0 N–H and O–H groups in total. The van der Waals surface area contributed by atoms with Crippen LogP contribution in [0.25, 0.3) is 5.52 Å². The molecule has 2 heterocycles. The molecule has 2 aromatic heterocycles. The average Bonchev–Trinajstić information content (AvgIpc) is 3.00. The maximum Gasteiger partial charge on any atom is 0.241 e. The van der Waals surface area contributed by atoms with Crippen LogP contribution in [-0.4, -0.2) is 14.6 Å². The fourth-order valence-electron chi connectivity index (χ4n) is 1.99. The van der Waals surface area contributed by atoms with Crippen molar-refractivity contribution in [2.75, 3.05) is 0 Å². The molecule has 82 valence electrons. The van der Waals surface area contributed by atoms with Crippen LogP contribution in [-0.2, 0) is 5.41 Å². The standard InChI is InChI=1S/C11H9ClFN3/c1-2-11(3-4-11)9-5-7(13)8-6-14-10(12)15-16(8)9/h2,5-6H,1,3-4H2. The van der Waals surface area contributed by atoms with Gasteiger partial charge in [-0.3, -0.25) is 0 Å². The molecule has 1 aliphatic carbocycles. The van der Waals surface area contributed by atoms with Crippen LogP contribution in [0.5, 0.6) is 0 Å². The summed E-state index contributed by atoms with van der Waals surface area (Å²) in [7, 11) is 0. The lowest BCUT2D eigenvalue weighted by Gasteiger charge is -2.08. The molecule has 3 rings (SSSR count). The third-order valence-corrected chi connectivity index (χ3v) is 3.30. The molecular formula is C11H9ClFN3. The molecule has 2 aromatic rings. The van der Waals surface area contributed by atoms with Crippen molar-refractivity contribution in [2.45, 2.75) is 18.3 Å². The average molecular weight is 238 g/mol. The predicted molar refractivity (Wildman–Crippen MR) is 59.1 cm³/mol. The highest BCUT2D eigenvalue weighted by Crippen LogP contribution is 2.49. The minimum Gasteiger partial charge on any atom is -0.229 e. The van der Waals surface area contributed by atoms with E-state index in [1.165, 1.54) is 16.8 Å². The molecule has 5 heteroatoms. The summed E-state index contributed by atoms with van der Waals surface area (Å²) in [6, 6.07) is 1.50. The lowest BCUT2D eigenvalue weighted by Crippen LogP contribution is -2.08. The fraction of sp³-hybridized carbons (Fsp3) is 0.273. The van der Waals surface area contributed by atoms with Gasteiger partial charge >= 0.3 is 0 Å². The smallest absolute Gasteiger partial charge is 0.229 e. The Labute approximate surface area is 96.6 Å². The molecular weight excluding hydrogens is 229 g/mol. The van der Waals surface area contributed by atoms with Crippen LogP contribution in [0, 0.1) is 5.82 Å². The van der Waals surface area contributed by atoms with Crippen molar-refractivity contribution in [1.29, 1.82) is 0 Å². The first kappa shape index (κ1) is 9.78. The second kappa shape index (κ2) is 3.04.